The molecule has 0 aromatic heterocycles. The van der Waals surface area contributed by atoms with Crippen molar-refractivity contribution in [3.05, 3.63) is 12.7 Å². The molecule has 0 N–H and O–H groups in total. The normalized spacial score (nSPS) is 12.9. The molecule has 1 heteroatoms. The third-order valence-corrected chi connectivity index (χ3v) is 2.69. The second kappa shape index (κ2) is 8.32. The summed E-state index contributed by atoms with van der Waals surface area (Å²) >= 11 is 3.66. The molecule has 0 nitrogen and oxygen atoms in total. The molecule has 0 amide bonds. The monoisotopic (exact) mass is 218 g/mol. The smallest absolute Gasteiger partial charge is 0.0145 e. The van der Waals surface area contributed by atoms with Gasteiger partial charge in [-0.25, -0.2) is 0 Å². The van der Waals surface area contributed by atoms with Crippen molar-refractivity contribution in [1.29, 1.82) is 0 Å². The highest BCUT2D eigenvalue weighted by atomic mass is 79.9. The summed E-state index contributed by atoms with van der Waals surface area (Å²) in [4.78, 5) is 0.748. The van der Waals surface area contributed by atoms with Crippen LogP contribution < -0.4 is 0 Å². The van der Waals surface area contributed by atoms with Crippen LogP contribution in [0.15, 0.2) is 12.7 Å². The lowest BCUT2D eigenvalue weighted by Crippen LogP contribution is -1.95. The first-order valence-electron chi connectivity index (χ1n) is 4.56. The van der Waals surface area contributed by atoms with Gasteiger partial charge in [0.05, 0.1) is 0 Å². The summed E-state index contributed by atoms with van der Waals surface area (Å²) in [6, 6.07) is 0. The number of halogens is 1. The lowest BCUT2D eigenvalue weighted by molar-refractivity contribution is 0.631. The first-order valence-corrected chi connectivity index (χ1v) is 5.47. The molecule has 66 valence electrons. The van der Waals surface area contributed by atoms with Crippen molar-refractivity contribution in [1.82, 2.24) is 0 Å². The number of alkyl halides is 1. The van der Waals surface area contributed by atoms with E-state index < -0.39 is 0 Å². The van der Waals surface area contributed by atoms with E-state index >= 15 is 0 Å². The molecular formula is C10H19Br. The Morgan fingerprint density at radius 1 is 1.36 bits per heavy atom. The largest absolute Gasteiger partial charge is 0.103 e. The average molecular weight is 219 g/mol. The molecule has 0 spiro atoms. The van der Waals surface area contributed by atoms with Crippen molar-refractivity contribution in [2.45, 2.75) is 50.3 Å². The van der Waals surface area contributed by atoms with Crippen LogP contribution >= 0.6 is 15.9 Å². The van der Waals surface area contributed by atoms with Crippen LogP contribution in [0.25, 0.3) is 0 Å². The molecule has 0 bridgehead atoms. The Kier molecular flexibility index (Phi) is 8.48. The highest BCUT2D eigenvalue weighted by Gasteiger charge is 2.00. The van der Waals surface area contributed by atoms with E-state index in [1.165, 1.54) is 38.5 Å². The Bertz CT molecular complexity index is 88.9. The fourth-order valence-corrected chi connectivity index (χ4v) is 1.89. The number of allylic oxidation sites excluding steroid dienone is 1. The van der Waals surface area contributed by atoms with Crippen LogP contribution in [0.5, 0.6) is 0 Å². The molecule has 0 heterocycles. The van der Waals surface area contributed by atoms with Gasteiger partial charge in [-0.1, -0.05) is 41.8 Å². The van der Waals surface area contributed by atoms with Crippen LogP contribution in [-0.2, 0) is 0 Å². The van der Waals surface area contributed by atoms with E-state index in [4.69, 9.17) is 0 Å². The van der Waals surface area contributed by atoms with Gasteiger partial charge in [0, 0.05) is 4.83 Å². The van der Waals surface area contributed by atoms with Crippen LogP contribution in [0.4, 0.5) is 0 Å². The minimum absolute atomic E-state index is 0.748. The zero-order valence-electron chi connectivity index (χ0n) is 7.48. The van der Waals surface area contributed by atoms with E-state index in [1.807, 2.05) is 6.08 Å². The maximum Gasteiger partial charge on any atom is 0.0145 e. The van der Waals surface area contributed by atoms with Crippen LogP contribution in [0.1, 0.15) is 45.4 Å². The Hall–Kier alpha value is 0.220. The standard InChI is InChI=1S/C10H19Br/c1-3-5-6-7-9-10(11)8-4-2/h3,10H,1,4-9H2,2H3. The van der Waals surface area contributed by atoms with E-state index in [2.05, 4.69) is 29.4 Å². The second-order valence-corrected chi connectivity index (χ2v) is 4.25. The molecule has 0 saturated heterocycles. The van der Waals surface area contributed by atoms with E-state index in [0.29, 0.717) is 0 Å². The van der Waals surface area contributed by atoms with Crippen molar-refractivity contribution in [2.24, 2.45) is 0 Å². The molecule has 0 aliphatic heterocycles. The minimum Gasteiger partial charge on any atom is -0.103 e. The topological polar surface area (TPSA) is 0 Å². The molecule has 0 fully saturated rings. The summed E-state index contributed by atoms with van der Waals surface area (Å²) in [7, 11) is 0. The predicted molar refractivity (Wildman–Crippen MR) is 56.3 cm³/mol. The highest BCUT2D eigenvalue weighted by molar-refractivity contribution is 9.09. The fraction of sp³-hybridized carbons (Fsp3) is 0.800. The first-order chi connectivity index (χ1) is 5.31. The van der Waals surface area contributed by atoms with E-state index in [1.54, 1.807) is 0 Å². The minimum atomic E-state index is 0.748. The van der Waals surface area contributed by atoms with Crippen LogP contribution in [-0.4, -0.2) is 4.83 Å². The zero-order valence-corrected chi connectivity index (χ0v) is 9.07. The molecule has 0 rings (SSSR count). The molecule has 0 radical (unpaired) electrons. The second-order valence-electron chi connectivity index (χ2n) is 2.96. The predicted octanol–water partition coefficient (Wildman–Crippen LogP) is 4.30. The summed E-state index contributed by atoms with van der Waals surface area (Å²) in [6.45, 7) is 5.94. The lowest BCUT2D eigenvalue weighted by atomic mass is 10.1. The zero-order chi connectivity index (χ0) is 8.53. The Morgan fingerprint density at radius 3 is 2.64 bits per heavy atom. The molecular weight excluding hydrogens is 200 g/mol. The summed E-state index contributed by atoms with van der Waals surface area (Å²) in [5, 5.41) is 0. The van der Waals surface area contributed by atoms with Crippen LogP contribution in [0.2, 0.25) is 0 Å². The summed E-state index contributed by atoms with van der Waals surface area (Å²) in [6.07, 6.45) is 9.74. The van der Waals surface area contributed by atoms with E-state index in [0.717, 1.165) is 4.83 Å². The van der Waals surface area contributed by atoms with E-state index in [9.17, 15) is 0 Å². The Balaban J connectivity index is 3.03. The van der Waals surface area contributed by atoms with Crippen molar-refractivity contribution < 1.29 is 0 Å². The van der Waals surface area contributed by atoms with Gasteiger partial charge >= 0.3 is 0 Å². The molecule has 1 unspecified atom stereocenters. The molecule has 0 aromatic rings. The molecule has 0 aromatic carbocycles. The maximum absolute atomic E-state index is 3.70. The molecule has 0 aliphatic rings. The first kappa shape index (κ1) is 11.2. The molecule has 1 atom stereocenters. The summed E-state index contributed by atoms with van der Waals surface area (Å²) in [5.74, 6) is 0. The van der Waals surface area contributed by atoms with Gasteiger partial charge in [-0.2, -0.15) is 0 Å². The maximum atomic E-state index is 3.70. The lowest BCUT2D eigenvalue weighted by Gasteiger charge is -2.06. The van der Waals surface area contributed by atoms with Gasteiger partial charge in [-0.05, 0) is 25.7 Å². The van der Waals surface area contributed by atoms with Gasteiger partial charge in [0.25, 0.3) is 0 Å². The molecule has 0 saturated carbocycles. The summed E-state index contributed by atoms with van der Waals surface area (Å²) in [5.41, 5.74) is 0. The van der Waals surface area contributed by atoms with Crippen LogP contribution in [0, 0.1) is 0 Å². The van der Waals surface area contributed by atoms with Gasteiger partial charge in [0.1, 0.15) is 0 Å². The van der Waals surface area contributed by atoms with Crippen molar-refractivity contribution >= 4 is 15.9 Å². The van der Waals surface area contributed by atoms with Crippen molar-refractivity contribution in [3.8, 4) is 0 Å². The molecule has 0 aliphatic carbocycles. The average Bonchev–Trinajstić information content (AvgIpc) is 1.99. The van der Waals surface area contributed by atoms with E-state index in [-0.39, 0.29) is 0 Å². The third kappa shape index (κ3) is 8.12. The number of unbranched alkanes of at least 4 members (excludes halogenated alkanes) is 2. The number of hydrogen-bond donors (Lipinski definition) is 0. The Morgan fingerprint density at radius 2 is 2.09 bits per heavy atom. The number of rotatable bonds is 7. The SMILES string of the molecule is C=CCCCCC(Br)CCC. The molecule has 11 heavy (non-hydrogen) atoms. The van der Waals surface area contributed by atoms with Gasteiger partial charge in [0.15, 0.2) is 0 Å². The summed E-state index contributed by atoms with van der Waals surface area (Å²) < 4.78 is 0. The highest BCUT2D eigenvalue weighted by Crippen LogP contribution is 2.15. The van der Waals surface area contributed by atoms with Gasteiger partial charge in [0.2, 0.25) is 0 Å². The fourth-order valence-electron chi connectivity index (χ4n) is 1.11. The van der Waals surface area contributed by atoms with Crippen molar-refractivity contribution in [3.63, 3.8) is 0 Å². The Labute approximate surface area is 79.2 Å². The van der Waals surface area contributed by atoms with Gasteiger partial charge < -0.3 is 0 Å². The van der Waals surface area contributed by atoms with Gasteiger partial charge in [-0.15, -0.1) is 6.58 Å². The van der Waals surface area contributed by atoms with Crippen molar-refractivity contribution in [2.75, 3.05) is 0 Å². The quantitative estimate of drug-likeness (QED) is 0.340. The number of hydrogen-bond acceptors (Lipinski definition) is 0. The van der Waals surface area contributed by atoms with Gasteiger partial charge in [-0.3, -0.25) is 0 Å². The third-order valence-electron chi connectivity index (χ3n) is 1.78. The van der Waals surface area contributed by atoms with Crippen LogP contribution in [0.3, 0.4) is 0 Å².